The first kappa shape index (κ1) is 26.5. The second-order valence-corrected chi connectivity index (χ2v) is 6.83. The molecule has 0 bridgehead atoms. The molecular weight excluding hydrogens is 584 g/mol. The van der Waals surface area contributed by atoms with Gasteiger partial charge in [0, 0.05) is 24.2 Å². The molecule has 2 aromatic heterocycles. The molecule has 9 heteroatoms. The Balaban J connectivity index is 0.00000364. The second-order valence-electron chi connectivity index (χ2n) is 6.83. The minimum absolute atomic E-state index is 0. The summed E-state index contributed by atoms with van der Waals surface area (Å²) in [5.41, 5.74) is 8.02. The first-order valence-electron chi connectivity index (χ1n) is 8.34. The van der Waals surface area contributed by atoms with E-state index in [-0.39, 0.29) is 62.6 Å². The number of aliphatic hydroxyl groups excluding tert-OH is 1. The summed E-state index contributed by atoms with van der Waals surface area (Å²) in [5, 5.41) is 20.5. The summed E-state index contributed by atoms with van der Waals surface area (Å²) in [5.74, 6) is 4.63. The van der Waals surface area contributed by atoms with Gasteiger partial charge in [-0.3, -0.25) is 0 Å². The van der Waals surface area contributed by atoms with Crippen molar-refractivity contribution in [1.82, 2.24) is 14.4 Å². The maximum Gasteiger partial charge on any atom is 2.00 e. The summed E-state index contributed by atoms with van der Waals surface area (Å²) in [7, 11) is 0. The molecule has 28 heavy (non-hydrogen) atoms. The molecule has 2 aromatic rings. The van der Waals surface area contributed by atoms with Gasteiger partial charge in [-0.2, -0.15) is 0 Å². The van der Waals surface area contributed by atoms with Gasteiger partial charge in [-0.1, -0.05) is 20.8 Å². The topological polar surface area (TPSA) is 130 Å². The van der Waals surface area contributed by atoms with Crippen LogP contribution in [0.3, 0.4) is 0 Å². The molecule has 0 aliphatic rings. The van der Waals surface area contributed by atoms with Gasteiger partial charge >= 0.3 is 37.1 Å². The van der Waals surface area contributed by atoms with Crippen molar-refractivity contribution < 1.29 is 46.1 Å². The first-order chi connectivity index (χ1) is 12.1. The monoisotopic (exact) mass is 613 g/mol. The predicted octanol–water partition coefficient (Wildman–Crippen LogP) is 1.97. The molecule has 0 aromatic carbocycles. The fourth-order valence-corrected chi connectivity index (χ4v) is 2.58. The maximum absolute atomic E-state index is 10.8. The van der Waals surface area contributed by atoms with E-state index in [0.29, 0.717) is 16.9 Å². The van der Waals surface area contributed by atoms with Gasteiger partial charge in [0.1, 0.15) is 11.3 Å². The molecule has 0 fully saturated rings. The Labute approximate surface area is 190 Å². The van der Waals surface area contributed by atoms with E-state index in [1.165, 1.54) is 0 Å². The molecule has 0 saturated carbocycles. The average Bonchev–Trinajstić information content (AvgIpc) is 2.94. The number of fused-ring (bicyclic) bond motifs is 1. The number of carboxylic acids is 1. The van der Waals surface area contributed by atoms with Crippen molar-refractivity contribution in [1.29, 1.82) is 0 Å². The van der Waals surface area contributed by atoms with E-state index >= 15 is 0 Å². The number of rotatable bonds is 7. The second kappa shape index (κ2) is 10.9. The van der Waals surface area contributed by atoms with Crippen LogP contribution in [0.15, 0.2) is 30.4 Å². The summed E-state index contributed by atoms with van der Waals surface area (Å²) in [6.45, 7) is 10.1. The van der Waals surface area contributed by atoms with Crippen LogP contribution in [0.25, 0.3) is 5.65 Å². The zero-order valence-corrected chi connectivity index (χ0v) is 20.9. The van der Waals surface area contributed by atoms with Gasteiger partial charge in [-0.05, 0) is 17.5 Å². The Morgan fingerprint density at radius 2 is 2.00 bits per heavy atom. The molecule has 2 unspecified atom stereocenters. The van der Waals surface area contributed by atoms with E-state index in [0.717, 1.165) is 16.8 Å². The zero-order chi connectivity index (χ0) is 19.6. The molecule has 6 N–H and O–H groups in total. The van der Waals surface area contributed by atoms with Crippen molar-refractivity contribution >= 4 is 11.6 Å². The van der Waals surface area contributed by atoms with E-state index in [1.807, 2.05) is 23.6 Å². The minimum atomic E-state index is -1.24. The molecule has 0 saturated heterocycles. The maximum atomic E-state index is 10.8. The number of aromatic nitrogens is 2. The smallest absolute Gasteiger partial charge is 0.477 e. The quantitative estimate of drug-likeness (QED) is 0.163. The average molecular weight is 614 g/mol. The van der Waals surface area contributed by atoms with Crippen molar-refractivity contribution in [2.24, 2.45) is 17.5 Å². The van der Waals surface area contributed by atoms with Crippen molar-refractivity contribution in [2.75, 3.05) is 0 Å². The van der Waals surface area contributed by atoms with Gasteiger partial charge in [0.05, 0.1) is 18.3 Å². The number of hydrogen-bond acceptors (Lipinski definition) is 6. The normalized spacial score (nSPS) is 13.6. The summed E-state index contributed by atoms with van der Waals surface area (Å²) < 4.78 is 1.85. The molecule has 2 atom stereocenters. The third-order valence-corrected chi connectivity index (χ3v) is 4.07. The molecule has 8 nitrogen and oxygen atoms in total. The van der Waals surface area contributed by atoms with Crippen LogP contribution in [-0.2, 0) is 11.3 Å². The number of hydrazine groups is 1. The van der Waals surface area contributed by atoms with Crippen LogP contribution >= 0.6 is 0 Å². The van der Waals surface area contributed by atoms with Gasteiger partial charge in [-0.25, -0.2) is 15.6 Å². The van der Waals surface area contributed by atoms with Crippen LogP contribution in [0.5, 0.6) is 0 Å². The van der Waals surface area contributed by atoms with E-state index in [1.54, 1.807) is 6.20 Å². The molecule has 152 valence electrons. The van der Waals surface area contributed by atoms with Crippen LogP contribution < -0.4 is 11.6 Å². The summed E-state index contributed by atoms with van der Waals surface area (Å²) >= 11 is 0. The molecule has 0 amide bonds. The van der Waals surface area contributed by atoms with Crippen molar-refractivity contribution in [3.8, 4) is 0 Å². The fraction of sp³-hybridized carbons (Fsp3) is 0.368. The van der Waals surface area contributed by atoms with Crippen molar-refractivity contribution in [3.63, 3.8) is 0 Å². The Hall–Kier alpha value is -1.53. The number of pyridine rings is 1. The third-order valence-electron chi connectivity index (χ3n) is 4.07. The molecule has 0 aliphatic heterocycles. The largest absolute Gasteiger partial charge is 2.00 e. The number of nitrogens with zero attached hydrogens (tertiary/aromatic N) is 3. The van der Waals surface area contributed by atoms with Crippen molar-refractivity contribution in [2.45, 2.75) is 39.3 Å². The van der Waals surface area contributed by atoms with Gasteiger partial charge in [0.15, 0.2) is 0 Å². The first-order valence-corrected chi connectivity index (χ1v) is 8.34. The van der Waals surface area contributed by atoms with Crippen LogP contribution in [0.1, 0.15) is 49.6 Å². The molecule has 0 aliphatic carbocycles. The van der Waals surface area contributed by atoms with Crippen LogP contribution in [-0.4, -0.2) is 30.6 Å². The van der Waals surface area contributed by atoms with Crippen LogP contribution in [0, 0.1) is 51.4 Å². The number of imidazole rings is 1. The Morgan fingerprint density at radius 3 is 2.50 bits per heavy atom. The molecular formula is C19H29N5O3U. The third kappa shape index (κ3) is 6.24. The van der Waals surface area contributed by atoms with E-state index < -0.39 is 12.1 Å². The van der Waals surface area contributed by atoms with Gasteiger partial charge < -0.3 is 39.7 Å². The van der Waals surface area contributed by atoms with Crippen molar-refractivity contribution in [3.05, 3.63) is 61.5 Å². The van der Waals surface area contributed by atoms with E-state index in [4.69, 9.17) is 16.7 Å². The Kier molecular flexibility index (Phi) is 10.3. The number of carbonyl (C=O) groups is 1. The molecule has 2 heterocycles. The Morgan fingerprint density at radius 1 is 1.39 bits per heavy atom. The fourth-order valence-electron chi connectivity index (χ4n) is 2.58. The number of aliphatic carboxylic acids is 1. The standard InChI is InChI=1S/C18H26N5O3.CH3.U/c1-10(2)12-5-14(16(24)11(3)4)17-21-13(7-22(17)6-12)8-23(20)9-15(19)18(25)26;;/h5-7,9-11,16,24H,3,8,19-20H2,1-2,4H3,(H,25,26);1H3;/q2*-1;+2/b15-9-;;. The summed E-state index contributed by atoms with van der Waals surface area (Å²) in [6, 6.07) is 1.95. The molecule has 2 rings (SSSR count). The summed E-state index contributed by atoms with van der Waals surface area (Å²) in [6.07, 6.45) is 4.15. The van der Waals surface area contributed by atoms with Gasteiger partial charge in [0.25, 0.3) is 0 Å². The minimum Gasteiger partial charge on any atom is -0.477 e. The van der Waals surface area contributed by atoms with Gasteiger partial charge in [-0.15, -0.1) is 5.92 Å². The number of carboxylic acid groups (broad SMARTS) is 1. The van der Waals surface area contributed by atoms with E-state index in [2.05, 4.69) is 25.8 Å². The number of hydrogen-bond donors (Lipinski definition) is 4. The van der Waals surface area contributed by atoms with E-state index in [9.17, 15) is 9.90 Å². The summed E-state index contributed by atoms with van der Waals surface area (Å²) in [4.78, 5) is 15.3. The molecule has 0 spiro atoms. The SMILES string of the molecule is [CH2-]C(C)C(O)c1cc(C(C)C)cn2cc(CN(N)/C=C(\N)C(=O)O)nc12.[CH3-].[U+2]. The van der Waals surface area contributed by atoms with Crippen LogP contribution in [0.2, 0.25) is 0 Å². The predicted molar refractivity (Wildman–Crippen MR) is 105 cm³/mol. The number of aliphatic hydroxyl groups is 1. The number of nitrogens with two attached hydrogens (primary N) is 2. The zero-order valence-electron chi connectivity index (χ0n) is 16.8. The molecule has 0 radical (unpaired) electrons. The Bertz CT molecular complexity index is 832. The van der Waals surface area contributed by atoms with Gasteiger partial charge in [0.2, 0.25) is 0 Å². The van der Waals surface area contributed by atoms with Crippen LogP contribution in [0.4, 0.5) is 0 Å².